The maximum Gasteiger partial charge on any atom is 0.355 e. The monoisotopic (exact) mass is 402 g/mol. The number of rotatable bonds is 5. The molecule has 29 heavy (non-hydrogen) atoms. The van der Waals surface area contributed by atoms with Crippen molar-refractivity contribution in [2.45, 2.75) is 26.2 Å². The number of piperidine rings is 1. The lowest BCUT2D eigenvalue weighted by Gasteiger charge is -2.33. The summed E-state index contributed by atoms with van der Waals surface area (Å²) >= 11 is 0. The number of anilines is 2. The molecule has 0 aliphatic carbocycles. The van der Waals surface area contributed by atoms with Crippen molar-refractivity contribution in [2.24, 2.45) is 0 Å². The molecular formula is C21H26N2O6. The van der Waals surface area contributed by atoms with Crippen LogP contribution in [0.5, 0.6) is 0 Å². The lowest BCUT2D eigenvalue weighted by atomic mass is 10.0. The zero-order chi connectivity index (χ0) is 21.0. The normalized spacial score (nSPS) is 17.2. The smallest absolute Gasteiger partial charge is 0.355 e. The molecule has 1 aromatic carbocycles. The van der Waals surface area contributed by atoms with Gasteiger partial charge in [-0.1, -0.05) is 0 Å². The molecule has 156 valence electrons. The minimum Gasteiger partial charge on any atom is -0.466 e. The zero-order valence-electron chi connectivity index (χ0n) is 17.0. The molecule has 8 heteroatoms. The van der Waals surface area contributed by atoms with E-state index in [2.05, 4.69) is 4.90 Å². The summed E-state index contributed by atoms with van der Waals surface area (Å²) < 4.78 is 15.2. The van der Waals surface area contributed by atoms with Crippen LogP contribution in [0.3, 0.4) is 0 Å². The number of nitrogens with zero attached hydrogens (tertiary/aromatic N) is 2. The molecule has 3 rings (SSSR count). The molecule has 0 aromatic heterocycles. The first kappa shape index (κ1) is 20.9. The average molecular weight is 402 g/mol. The Labute approximate surface area is 170 Å². The molecule has 0 N–H and O–H groups in total. The summed E-state index contributed by atoms with van der Waals surface area (Å²) in [5.74, 6) is -1.51. The number of methoxy groups -OCH3 is 2. The van der Waals surface area contributed by atoms with Crippen LogP contribution in [0, 0.1) is 0 Å². The van der Waals surface area contributed by atoms with Crippen LogP contribution >= 0.6 is 0 Å². The predicted octanol–water partition coefficient (Wildman–Crippen LogP) is 2.27. The third kappa shape index (κ3) is 4.27. The van der Waals surface area contributed by atoms with Crippen LogP contribution in [0.4, 0.5) is 11.4 Å². The van der Waals surface area contributed by atoms with Gasteiger partial charge < -0.3 is 24.0 Å². The molecule has 0 spiro atoms. The highest BCUT2D eigenvalue weighted by Gasteiger charge is 2.34. The second kappa shape index (κ2) is 9.09. The summed E-state index contributed by atoms with van der Waals surface area (Å²) in [6.07, 6.45) is 3.45. The third-order valence-corrected chi connectivity index (χ3v) is 5.20. The lowest BCUT2D eigenvalue weighted by molar-refractivity contribution is -0.140. The van der Waals surface area contributed by atoms with E-state index in [9.17, 15) is 14.4 Å². The van der Waals surface area contributed by atoms with Crippen LogP contribution in [0.25, 0.3) is 0 Å². The second-order valence-corrected chi connectivity index (χ2v) is 7.02. The number of benzene rings is 1. The van der Waals surface area contributed by atoms with Gasteiger partial charge in [0.25, 0.3) is 0 Å². The van der Waals surface area contributed by atoms with Gasteiger partial charge >= 0.3 is 11.9 Å². The number of ether oxygens (including phenoxy) is 3. The van der Waals surface area contributed by atoms with Gasteiger partial charge in [0, 0.05) is 24.3 Å². The zero-order valence-corrected chi connectivity index (χ0v) is 17.0. The third-order valence-electron chi connectivity index (χ3n) is 5.20. The van der Waals surface area contributed by atoms with Crippen molar-refractivity contribution in [3.63, 3.8) is 0 Å². The van der Waals surface area contributed by atoms with Crippen molar-refractivity contribution in [3.8, 4) is 0 Å². The minimum atomic E-state index is -0.691. The first-order chi connectivity index (χ1) is 14.0. The summed E-state index contributed by atoms with van der Waals surface area (Å²) in [7, 11) is 2.47. The van der Waals surface area contributed by atoms with Crippen molar-refractivity contribution < 1.29 is 28.6 Å². The fraction of sp³-hybridized carbons (Fsp3) is 0.476. The highest BCUT2D eigenvalue weighted by atomic mass is 16.5. The minimum absolute atomic E-state index is 0.00820. The molecule has 2 aliphatic rings. The van der Waals surface area contributed by atoms with E-state index in [-0.39, 0.29) is 30.4 Å². The molecule has 1 fully saturated rings. The van der Waals surface area contributed by atoms with Crippen LogP contribution in [-0.4, -0.2) is 58.4 Å². The van der Waals surface area contributed by atoms with E-state index in [0.717, 1.165) is 31.6 Å². The fourth-order valence-electron chi connectivity index (χ4n) is 3.72. The highest BCUT2D eigenvalue weighted by molar-refractivity contribution is 6.06. The number of carbonyl (C=O) groups is 3. The molecule has 0 unspecified atom stereocenters. The summed E-state index contributed by atoms with van der Waals surface area (Å²) in [5, 5.41) is 0. The van der Waals surface area contributed by atoms with Crippen LogP contribution in [0.2, 0.25) is 0 Å². The first-order valence-corrected chi connectivity index (χ1v) is 9.63. The Morgan fingerprint density at radius 1 is 1.00 bits per heavy atom. The molecule has 2 aliphatic heterocycles. The van der Waals surface area contributed by atoms with Crippen LogP contribution in [0.15, 0.2) is 29.5 Å². The molecule has 0 saturated carbocycles. The quantitative estimate of drug-likeness (QED) is 0.548. The second-order valence-electron chi connectivity index (χ2n) is 7.02. The Morgan fingerprint density at radius 3 is 2.31 bits per heavy atom. The molecule has 0 bridgehead atoms. The standard InChI is InChI=1S/C21H26N2O6/c1-14(24)16-11-15(22-9-5-4-6-10-22)7-8-18(16)23-13-29-12-17(20(25)27-2)19(23)21(26)28-3/h7-8,11H,4-6,9-10,12-13H2,1-3H3. The molecule has 0 amide bonds. The molecular weight excluding hydrogens is 376 g/mol. The van der Waals surface area contributed by atoms with E-state index in [0.29, 0.717) is 11.3 Å². The SMILES string of the molecule is COC(=O)C1=C(C(=O)OC)N(c2ccc(N3CCCCC3)cc2C(C)=O)COC1. The maximum absolute atomic E-state index is 12.5. The van der Waals surface area contributed by atoms with Gasteiger partial charge in [0.05, 0.1) is 32.1 Å². The highest BCUT2D eigenvalue weighted by Crippen LogP contribution is 2.33. The van der Waals surface area contributed by atoms with Gasteiger partial charge in [-0.3, -0.25) is 4.79 Å². The van der Waals surface area contributed by atoms with E-state index < -0.39 is 11.9 Å². The van der Waals surface area contributed by atoms with Gasteiger partial charge in [-0.2, -0.15) is 0 Å². The average Bonchev–Trinajstić information content (AvgIpc) is 2.77. The van der Waals surface area contributed by atoms with Crippen LogP contribution in [-0.2, 0) is 23.8 Å². The number of hydrogen-bond acceptors (Lipinski definition) is 8. The summed E-state index contributed by atoms with van der Waals surface area (Å²) in [6.45, 7) is 3.31. The lowest BCUT2D eigenvalue weighted by Crippen LogP contribution is -2.39. The van der Waals surface area contributed by atoms with Gasteiger partial charge in [0.15, 0.2) is 5.78 Å². The number of ketones is 1. The van der Waals surface area contributed by atoms with E-state index in [1.807, 2.05) is 12.1 Å². The van der Waals surface area contributed by atoms with Gasteiger partial charge in [0.1, 0.15) is 12.4 Å². The Hall–Kier alpha value is -2.87. The predicted molar refractivity (Wildman–Crippen MR) is 107 cm³/mol. The molecule has 1 aromatic rings. The van der Waals surface area contributed by atoms with Crippen molar-refractivity contribution in [1.29, 1.82) is 0 Å². The Kier molecular flexibility index (Phi) is 6.53. The van der Waals surface area contributed by atoms with E-state index in [4.69, 9.17) is 14.2 Å². The molecule has 2 heterocycles. The fourth-order valence-corrected chi connectivity index (χ4v) is 3.72. The van der Waals surface area contributed by atoms with Crippen molar-refractivity contribution in [2.75, 3.05) is 50.4 Å². The number of carbonyl (C=O) groups excluding carboxylic acids is 3. The maximum atomic E-state index is 12.5. The van der Waals surface area contributed by atoms with Gasteiger partial charge in [-0.25, -0.2) is 9.59 Å². The van der Waals surface area contributed by atoms with Crippen molar-refractivity contribution in [3.05, 3.63) is 35.0 Å². The molecule has 0 atom stereocenters. The molecule has 8 nitrogen and oxygen atoms in total. The van der Waals surface area contributed by atoms with E-state index in [1.54, 1.807) is 6.07 Å². The summed E-state index contributed by atoms with van der Waals surface area (Å²) in [4.78, 5) is 40.9. The van der Waals surface area contributed by atoms with E-state index >= 15 is 0 Å². The van der Waals surface area contributed by atoms with Crippen molar-refractivity contribution >= 4 is 29.1 Å². The largest absolute Gasteiger partial charge is 0.466 e. The van der Waals surface area contributed by atoms with Gasteiger partial charge in [-0.05, 0) is 44.4 Å². The van der Waals surface area contributed by atoms with Crippen LogP contribution < -0.4 is 9.80 Å². The number of esters is 2. The van der Waals surface area contributed by atoms with E-state index in [1.165, 1.54) is 32.5 Å². The molecule has 1 saturated heterocycles. The first-order valence-electron chi connectivity index (χ1n) is 9.63. The molecule has 0 radical (unpaired) electrons. The van der Waals surface area contributed by atoms with Gasteiger partial charge in [0.2, 0.25) is 0 Å². The number of hydrogen-bond donors (Lipinski definition) is 0. The Balaban J connectivity index is 2.08. The number of Topliss-reactive ketones (excluding diaryl/α,β-unsaturated/α-hetero) is 1. The van der Waals surface area contributed by atoms with Gasteiger partial charge in [-0.15, -0.1) is 0 Å². The Morgan fingerprint density at radius 2 is 1.69 bits per heavy atom. The van der Waals surface area contributed by atoms with Crippen LogP contribution in [0.1, 0.15) is 36.5 Å². The topological polar surface area (TPSA) is 85.4 Å². The summed E-state index contributed by atoms with van der Waals surface area (Å²) in [6, 6.07) is 5.55. The van der Waals surface area contributed by atoms with Crippen molar-refractivity contribution in [1.82, 2.24) is 0 Å². The summed E-state index contributed by atoms with van der Waals surface area (Å²) in [5.41, 5.74) is 1.98. The Bertz CT molecular complexity index is 842.